The summed E-state index contributed by atoms with van der Waals surface area (Å²) in [4.78, 5) is 9.02. The molecule has 29 heavy (non-hydrogen) atoms. The van der Waals surface area contributed by atoms with Gasteiger partial charge in [-0.05, 0) is 30.7 Å². The van der Waals surface area contributed by atoms with Gasteiger partial charge in [0.1, 0.15) is 5.82 Å². The van der Waals surface area contributed by atoms with Gasteiger partial charge in [-0.25, -0.2) is 14.6 Å². The Kier molecular flexibility index (Phi) is 5.18. The lowest BCUT2D eigenvalue weighted by molar-refractivity contribution is 0.355. The van der Waals surface area contributed by atoms with Crippen LogP contribution < -0.4 is 14.8 Å². The summed E-state index contributed by atoms with van der Waals surface area (Å²) in [6.07, 6.45) is 0. The van der Waals surface area contributed by atoms with Crippen molar-refractivity contribution in [2.24, 2.45) is 0 Å². The molecular weight excluding hydrogens is 392 g/mol. The van der Waals surface area contributed by atoms with Crippen LogP contribution in [0.15, 0.2) is 42.5 Å². The van der Waals surface area contributed by atoms with Crippen molar-refractivity contribution in [3.8, 4) is 11.5 Å². The second kappa shape index (κ2) is 7.92. The number of ether oxygens (including phenoxy) is 2. The minimum absolute atomic E-state index is 0.461. The number of hydrogen-bond donors (Lipinski definition) is 1. The number of aromatic nitrogens is 5. The Balaban J connectivity index is 1.71. The summed E-state index contributed by atoms with van der Waals surface area (Å²) >= 11 is 6.29. The highest BCUT2D eigenvalue weighted by molar-refractivity contribution is 6.31. The van der Waals surface area contributed by atoms with Gasteiger partial charge in [0.15, 0.2) is 28.5 Å². The van der Waals surface area contributed by atoms with Crippen molar-refractivity contribution in [2.45, 2.75) is 13.5 Å². The Morgan fingerprint density at radius 3 is 2.59 bits per heavy atom. The Morgan fingerprint density at radius 2 is 1.83 bits per heavy atom. The number of anilines is 2. The molecule has 148 valence electrons. The fourth-order valence-electron chi connectivity index (χ4n) is 3.00. The van der Waals surface area contributed by atoms with Gasteiger partial charge < -0.3 is 14.8 Å². The van der Waals surface area contributed by atoms with E-state index in [9.17, 15) is 0 Å². The molecule has 0 unspecified atom stereocenters. The van der Waals surface area contributed by atoms with E-state index >= 15 is 0 Å². The van der Waals surface area contributed by atoms with Crippen molar-refractivity contribution >= 4 is 34.3 Å². The van der Waals surface area contributed by atoms with Gasteiger partial charge in [-0.1, -0.05) is 35.0 Å². The molecule has 0 atom stereocenters. The zero-order valence-corrected chi connectivity index (χ0v) is 16.9. The molecule has 2 aromatic carbocycles. The van der Waals surface area contributed by atoms with Gasteiger partial charge in [-0.3, -0.25) is 0 Å². The second-order valence-corrected chi connectivity index (χ2v) is 6.73. The summed E-state index contributed by atoms with van der Waals surface area (Å²) in [5, 5.41) is 12.5. The van der Waals surface area contributed by atoms with Crippen LogP contribution in [0.25, 0.3) is 11.2 Å². The molecule has 2 aromatic heterocycles. The predicted octanol–water partition coefficient (Wildman–Crippen LogP) is 3.99. The third-order valence-corrected chi connectivity index (χ3v) is 4.77. The quantitative estimate of drug-likeness (QED) is 0.514. The molecule has 0 aliphatic carbocycles. The van der Waals surface area contributed by atoms with Gasteiger partial charge in [0.05, 0.1) is 20.8 Å². The molecular formula is C20H19ClN6O2. The molecule has 4 rings (SSSR count). The van der Waals surface area contributed by atoms with E-state index < -0.39 is 0 Å². The van der Waals surface area contributed by atoms with Crippen LogP contribution in [0.5, 0.6) is 11.5 Å². The third kappa shape index (κ3) is 3.79. The smallest absolute Gasteiger partial charge is 0.184 e. The lowest BCUT2D eigenvalue weighted by Gasteiger charge is -2.11. The minimum atomic E-state index is 0.461. The number of fused-ring (bicyclic) bond motifs is 1. The van der Waals surface area contributed by atoms with Crippen LogP contribution in [0, 0.1) is 6.92 Å². The zero-order valence-electron chi connectivity index (χ0n) is 16.2. The second-order valence-electron chi connectivity index (χ2n) is 6.32. The first-order valence-electron chi connectivity index (χ1n) is 8.89. The number of nitrogens with zero attached hydrogens (tertiary/aromatic N) is 5. The van der Waals surface area contributed by atoms with E-state index in [0.29, 0.717) is 45.9 Å². The summed E-state index contributed by atoms with van der Waals surface area (Å²) in [5.74, 6) is 2.42. The topological polar surface area (TPSA) is 87.0 Å². The summed E-state index contributed by atoms with van der Waals surface area (Å²) in [5.41, 5.74) is 2.91. The molecule has 0 fully saturated rings. The molecule has 0 aliphatic heterocycles. The van der Waals surface area contributed by atoms with Gasteiger partial charge in [0.25, 0.3) is 0 Å². The standard InChI is InChI=1S/C20H19ClN6O2/c1-12-22-19(24-14-8-9-16(28-2)17(10-14)29-3)18-20(23-12)27(26-25-18)11-13-6-4-5-7-15(13)21/h4-10H,11H2,1-3H3,(H,22,23,24). The van der Waals surface area contributed by atoms with Crippen LogP contribution in [0.4, 0.5) is 11.5 Å². The largest absolute Gasteiger partial charge is 0.493 e. The monoisotopic (exact) mass is 410 g/mol. The van der Waals surface area contributed by atoms with Crippen LogP contribution in [0.1, 0.15) is 11.4 Å². The highest BCUT2D eigenvalue weighted by atomic mass is 35.5. The van der Waals surface area contributed by atoms with Crippen molar-refractivity contribution in [3.63, 3.8) is 0 Å². The lowest BCUT2D eigenvalue weighted by Crippen LogP contribution is -2.05. The first kappa shape index (κ1) is 18.9. The van der Waals surface area contributed by atoms with E-state index in [1.165, 1.54) is 0 Å². The average molecular weight is 411 g/mol. The zero-order chi connectivity index (χ0) is 20.4. The molecule has 0 bridgehead atoms. The maximum absolute atomic E-state index is 6.29. The van der Waals surface area contributed by atoms with Crippen molar-refractivity contribution in [1.82, 2.24) is 25.0 Å². The fraction of sp³-hybridized carbons (Fsp3) is 0.200. The molecule has 1 N–H and O–H groups in total. The molecule has 9 heteroatoms. The van der Waals surface area contributed by atoms with Crippen LogP contribution in [-0.2, 0) is 6.54 Å². The highest BCUT2D eigenvalue weighted by Crippen LogP contribution is 2.32. The van der Waals surface area contributed by atoms with Crippen molar-refractivity contribution < 1.29 is 9.47 Å². The molecule has 2 heterocycles. The van der Waals surface area contributed by atoms with E-state index in [1.54, 1.807) is 18.9 Å². The normalized spacial score (nSPS) is 10.9. The van der Waals surface area contributed by atoms with Gasteiger partial charge >= 0.3 is 0 Å². The third-order valence-electron chi connectivity index (χ3n) is 4.40. The molecule has 0 saturated carbocycles. The molecule has 0 radical (unpaired) electrons. The fourth-order valence-corrected chi connectivity index (χ4v) is 3.19. The molecule has 8 nitrogen and oxygen atoms in total. The van der Waals surface area contributed by atoms with Crippen molar-refractivity contribution in [1.29, 1.82) is 0 Å². The Hall–Kier alpha value is -3.39. The maximum atomic E-state index is 6.29. The first-order valence-corrected chi connectivity index (χ1v) is 9.27. The van der Waals surface area contributed by atoms with Crippen molar-refractivity contribution in [2.75, 3.05) is 19.5 Å². The maximum Gasteiger partial charge on any atom is 0.184 e. The average Bonchev–Trinajstić information content (AvgIpc) is 3.12. The summed E-state index contributed by atoms with van der Waals surface area (Å²) in [6.45, 7) is 2.29. The Morgan fingerprint density at radius 1 is 1.03 bits per heavy atom. The van der Waals surface area contributed by atoms with Crippen LogP contribution in [-0.4, -0.2) is 39.2 Å². The number of rotatable bonds is 6. The van der Waals surface area contributed by atoms with Crippen molar-refractivity contribution in [3.05, 3.63) is 58.9 Å². The van der Waals surface area contributed by atoms with Crippen LogP contribution in [0.2, 0.25) is 5.02 Å². The highest BCUT2D eigenvalue weighted by Gasteiger charge is 2.15. The molecule has 4 aromatic rings. The number of aryl methyl sites for hydroxylation is 1. The number of benzene rings is 2. The van der Waals surface area contributed by atoms with Crippen LogP contribution in [0.3, 0.4) is 0 Å². The summed E-state index contributed by atoms with van der Waals surface area (Å²) in [7, 11) is 3.19. The Labute approximate surface area is 172 Å². The molecule has 0 spiro atoms. The number of nitrogens with one attached hydrogen (secondary N) is 1. The van der Waals surface area contributed by atoms with Gasteiger partial charge in [-0.2, -0.15) is 0 Å². The molecule has 0 saturated heterocycles. The number of methoxy groups -OCH3 is 2. The van der Waals surface area contributed by atoms with E-state index in [0.717, 1.165) is 11.3 Å². The van der Waals surface area contributed by atoms with Gasteiger partial charge in [0, 0.05) is 16.8 Å². The number of halogens is 1. The predicted molar refractivity (Wildman–Crippen MR) is 111 cm³/mol. The molecule has 0 aliphatic rings. The van der Waals surface area contributed by atoms with E-state index in [-0.39, 0.29) is 0 Å². The Bertz CT molecular complexity index is 1180. The summed E-state index contributed by atoms with van der Waals surface area (Å²) < 4.78 is 12.4. The number of hydrogen-bond acceptors (Lipinski definition) is 7. The van der Waals surface area contributed by atoms with E-state index in [2.05, 4.69) is 25.6 Å². The molecule has 0 amide bonds. The SMILES string of the molecule is COc1ccc(Nc2nc(C)nc3c2nnn3Cc2ccccc2Cl)cc1OC. The first-order chi connectivity index (χ1) is 14.1. The van der Waals surface area contributed by atoms with Crippen LogP contribution >= 0.6 is 11.6 Å². The summed E-state index contributed by atoms with van der Waals surface area (Å²) in [6, 6.07) is 13.1. The van der Waals surface area contributed by atoms with Gasteiger partial charge in [-0.15, -0.1) is 5.10 Å². The lowest BCUT2D eigenvalue weighted by atomic mass is 10.2. The van der Waals surface area contributed by atoms with E-state index in [4.69, 9.17) is 21.1 Å². The van der Waals surface area contributed by atoms with Gasteiger partial charge in [0.2, 0.25) is 0 Å². The van der Waals surface area contributed by atoms with E-state index in [1.807, 2.05) is 49.4 Å². The minimum Gasteiger partial charge on any atom is -0.493 e.